The largest absolute Gasteiger partial charge is 0.341 e. The van der Waals surface area contributed by atoms with Gasteiger partial charge in [0.15, 0.2) is 0 Å². The summed E-state index contributed by atoms with van der Waals surface area (Å²) in [5.74, 6) is 0.309. The molecule has 0 aliphatic carbocycles. The number of nitrogens with one attached hydrogen (secondary N) is 1. The van der Waals surface area contributed by atoms with Crippen molar-refractivity contribution in [3.8, 4) is 0 Å². The number of benzene rings is 1. The minimum absolute atomic E-state index is 0.239. The summed E-state index contributed by atoms with van der Waals surface area (Å²) in [6.45, 7) is 9.01. The highest BCUT2D eigenvalue weighted by Gasteiger charge is 2.22. The highest BCUT2D eigenvalue weighted by atomic mass is 16.2. The molecule has 1 unspecified atom stereocenters. The van der Waals surface area contributed by atoms with Gasteiger partial charge in [0.25, 0.3) is 0 Å². The van der Waals surface area contributed by atoms with Crippen molar-refractivity contribution >= 4 is 5.91 Å². The highest BCUT2D eigenvalue weighted by molar-refractivity contribution is 5.76. The zero-order valence-corrected chi connectivity index (χ0v) is 12.9. The predicted octanol–water partition coefficient (Wildman–Crippen LogP) is 2.97. The lowest BCUT2D eigenvalue weighted by molar-refractivity contribution is -0.133. The molecule has 1 heterocycles. The smallest absolute Gasteiger partial charge is 0.222 e. The van der Waals surface area contributed by atoms with Gasteiger partial charge in [0.1, 0.15) is 0 Å². The topological polar surface area (TPSA) is 32.3 Å². The molecule has 20 heavy (non-hydrogen) atoms. The van der Waals surface area contributed by atoms with Crippen LogP contribution in [-0.2, 0) is 4.79 Å². The summed E-state index contributed by atoms with van der Waals surface area (Å²) in [5, 5.41) is 3.53. The molecule has 1 aromatic carbocycles. The minimum atomic E-state index is 0.239. The van der Waals surface area contributed by atoms with Crippen LogP contribution in [0.4, 0.5) is 0 Å². The number of likely N-dealkylation sites (N-methyl/N-ethyl adjacent to an activating group) is 1. The van der Waals surface area contributed by atoms with E-state index in [4.69, 9.17) is 0 Å². The molecule has 3 nitrogen and oxygen atoms in total. The lowest BCUT2D eigenvalue weighted by atomic mass is 9.98. The zero-order chi connectivity index (χ0) is 14.5. The van der Waals surface area contributed by atoms with Gasteiger partial charge >= 0.3 is 0 Å². The van der Waals surface area contributed by atoms with Crippen LogP contribution in [0.5, 0.6) is 0 Å². The van der Waals surface area contributed by atoms with Crippen molar-refractivity contribution in [3.05, 3.63) is 34.9 Å². The number of rotatable bonds is 5. The summed E-state index contributed by atoms with van der Waals surface area (Å²) in [5.41, 5.74) is 3.91. The van der Waals surface area contributed by atoms with Crippen molar-refractivity contribution < 1.29 is 4.79 Å². The average Bonchev–Trinajstić information content (AvgIpc) is 2.41. The Morgan fingerprint density at radius 3 is 2.75 bits per heavy atom. The monoisotopic (exact) mass is 274 g/mol. The molecule has 1 amide bonds. The molecule has 0 saturated carbocycles. The van der Waals surface area contributed by atoms with Crippen LogP contribution in [0.25, 0.3) is 0 Å². The maximum atomic E-state index is 12.0. The van der Waals surface area contributed by atoms with Crippen LogP contribution in [0.15, 0.2) is 18.2 Å². The van der Waals surface area contributed by atoms with E-state index in [9.17, 15) is 4.79 Å². The fourth-order valence-electron chi connectivity index (χ4n) is 3.01. The molecular weight excluding hydrogens is 248 g/mol. The Morgan fingerprint density at radius 2 is 2.10 bits per heavy atom. The first kappa shape index (κ1) is 15.0. The number of aryl methyl sites for hydroxylation is 2. The minimum Gasteiger partial charge on any atom is -0.341 e. The van der Waals surface area contributed by atoms with E-state index in [0.29, 0.717) is 12.3 Å². The Kier molecular flexibility index (Phi) is 5.18. The third-order valence-electron chi connectivity index (χ3n) is 4.08. The van der Waals surface area contributed by atoms with Gasteiger partial charge in [-0.15, -0.1) is 0 Å². The number of nitrogens with zero attached hydrogens (tertiary/aromatic N) is 1. The number of piperidine rings is 1. The summed E-state index contributed by atoms with van der Waals surface area (Å²) in [4.78, 5) is 14.0. The van der Waals surface area contributed by atoms with Crippen LogP contribution < -0.4 is 5.32 Å². The van der Waals surface area contributed by atoms with E-state index in [1.807, 2.05) is 4.90 Å². The van der Waals surface area contributed by atoms with E-state index in [1.54, 1.807) is 0 Å². The Hall–Kier alpha value is -1.35. The lowest BCUT2D eigenvalue weighted by Gasteiger charge is -2.32. The van der Waals surface area contributed by atoms with Crippen LogP contribution in [-0.4, -0.2) is 30.4 Å². The van der Waals surface area contributed by atoms with Gasteiger partial charge in [0.2, 0.25) is 5.91 Å². The Labute approximate surface area is 122 Å². The maximum absolute atomic E-state index is 12.0. The van der Waals surface area contributed by atoms with Gasteiger partial charge in [-0.1, -0.05) is 30.7 Å². The molecule has 3 heteroatoms. The first-order valence-corrected chi connectivity index (χ1v) is 7.70. The molecule has 1 atom stereocenters. The fourth-order valence-corrected chi connectivity index (χ4v) is 3.01. The van der Waals surface area contributed by atoms with E-state index in [-0.39, 0.29) is 6.04 Å². The number of likely N-dealkylation sites (tertiary alicyclic amines) is 1. The van der Waals surface area contributed by atoms with Crippen molar-refractivity contribution in [2.75, 3.05) is 19.6 Å². The molecule has 1 fully saturated rings. The lowest BCUT2D eigenvalue weighted by Crippen LogP contribution is -2.41. The van der Waals surface area contributed by atoms with Gasteiger partial charge in [0.05, 0.1) is 6.04 Å². The number of carbonyl (C=O) groups is 1. The third kappa shape index (κ3) is 3.60. The zero-order valence-electron chi connectivity index (χ0n) is 12.9. The average molecular weight is 274 g/mol. The number of amides is 1. The molecule has 0 aromatic heterocycles. The summed E-state index contributed by atoms with van der Waals surface area (Å²) in [6, 6.07) is 6.82. The summed E-state index contributed by atoms with van der Waals surface area (Å²) < 4.78 is 0. The quantitative estimate of drug-likeness (QED) is 0.895. The fraction of sp³-hybridized carbons (Fsp3) is 0.588. The molecule has 0 radical (unpaired) electrons. The second-order valence-corrected chi connectivity index (χ2v) is 5.77. The van der Waals surface area contributed by atoms with Crippen LogP contribution in [0.2, 0.25) is 0 Å². The number of carbonyl (C=O) groups excluding carboxylic acids is 1. The predicted molar refractivity (Wildman–Crippen MR) is 82.8 cm³/mol. The molecule has 1 saturated heterocycles. The van der Waals surface area contributed by atoms with Crippen molar-refractivity contribution in [3.63, 3.8) is 0 Å². The van der Waals surface area contributed by atoms with Gasteiger partial charge in [-0.05, 0) is 44.4 Å². The van der Waals surface area contributed by atoms with Gasteiger partial charge in [0, 0.05) is 19.5 Å². The SMILES string of the molecule is CCNC(CN1CCCCC1=O)c1ccc(C)cc1C. The Balaban J connectivity index is 2.15. The van der Waals surface area contributed by atoms with Crippen molar-refractivity contribution in [2.24, 2.45) is 0 Å². The molecular formula is C17H26N2O. The van der Waals surface area contributed by atoms with Crippen LogP contribution in [0.3, 0.4) is 0 Å². The van der Waals surface area contributed by atoms with Crippen LogP contribution in [0, 0.1) is 13.8 Å². The second-order valence-electron chi connectivity index (χ2n) is 5.77. The standard InChI is InChI=1S/C17H26N2O/c1-4-18-16(12-19-10-6-5-7-17(19)20)15-9-8-13(2)11-14(15)3/h8-9,11,16,18H,4-7,10,12H2,1-3H3. The normalized spacial score (nSPS) is 17.4. The van der Waals surface area contributed by atoms with Crippen molar-refractivity contribution in [1.82, 2.24) is 10.2 Å². The molecule has 1 aromatic rings. The van der Waals surface area contributed by atoms with E-state index in [2.05, 4.69) is 44.3 Å². The first-order valence-electron chi connectivity index (χ1n) is 7.70. The van der Waals surface area contributed by atoms with Gasteiger partial charge in [-0.2, -0.15) is 0 Å². The van der Waals surface area contributed by atoms with Gasteiger partial charge in [-0.3, -0.25) is 4.79 Å². The van der Waals surface area contributed by atoms with E-state index in [0.717, 1.165) is 32.5 Å². The Bertz CT molecular complexity index is 470. The Morgan fingerprint density at radius 1 is 1.30 bits per heavy atom. The van der Waals surface area contributed by atoms with E-state index < -0.39 is 0 Å². The highest BCUT2D eigenvalue weighted by Crippen LogP contribution is 2.22. The molecule has 110 valence electrons. The molecule has 0 spiro atoms. The number of hydrogen-bond acceptors (Lipinski definition) is 2. The van der Waals surface area contributed by atoms with Gasteiger partial charge < -0.3 is 10.2 Å². The molecule has 2 rings (SSSR count). The summed E-state index contributed by atoms with van der Waals surface area (Å²) >= 11 is 0. The molecule has 1 N–H and O–H groups in total. The van der Waals surface area contributed by atoms with Crippen LogP contribution >= 0.6 is 0 Å². The second kappa shape index (κ2) is 6.89. The van der Waals surface area contributed by atoms with E-state index in [1.165, 1.54) is 16.7 Å². The van der Waals surface area contributed by atoms with Crippen molar-refractivity contribution in [1.29, 1.82) is 0 Å². The van der Waals surface area contributed by atoms with E-state index >= 15 is 0 Å². The first-order chi connectivity index (χ1) is 9.61. The van der Waals surface area contributed by atoms with Gasteiger partial charge in [-0.25, -0.2) is 0 Å². The molecule has 1 aliphatic heterocycles. The molecule has 0 bridgehead atoms. The summed E-state index contributed by atoms with van der Waals surface area (Å²) in [6.07, 6.45) is 2.90. The van der Waals surface area contributed by atoms with Crippen molar-refractivity contribution in [2.45, 2.75) is 46.1 Å². The number of hydrogen-bond donors (Lipinski definition) is 1. The third-order valence-corrected chi connectivity index (χ3v) is 4.08. The molecule has 1 aliphatic rings. The van der Waals surface area contributed by atoms with Crippen LogP contribution in [0.1, 0.15) is 48.9 Å². The summed E-state index contributed by atoms with van der Waals surface area (Å²) in [7, 11) is 0. The maximum Gasteiger partial charge on any atom is 0.222 e.